The lowest BCUT2D eigenvalue weighted by Crippen LogP contribution is -2.18. The predicted octanol–water partition coefficient (Wildman–Crippen LogP) is 2.39. The summed E-state index contributed by atoms with van der Waals surface area (Å²) in [5.41, 5.74) is 0. The van der Waals surface area contributed by atoms with Gasteiger partial charge < -0.3 is 14.9 Å². The maximum atomic E-state index is 9.55. The summed E-state index contributed by atoms with van der Waals surface area (Å²) in [7, 11) is 0. The average molecular weight is 279 g/mol. The van der Waals surface area contributed by atoms with E-state index >= 15 is 0 Å². The molecule has 3 rings (SSSR count). The molecular formula is C15H25N3O2. The number of β-amino-alcohol motifs (C(OH)–C–C–N with tert-alkyl or cyclic N) is 1. The van der Waals surface area contributed by atoms with Gasteiger partial charge in [0.05, 0.1) is 12.1 Å². The first-order valence-corrected chi connectivity index (χ1v) is 7.88. The van der Waals surface area contributed by atoms with Crippen molar-refractivity contribution in [1.82, 2.24) is 15.5 Å². The number of rotatable bonds is 3. The Morgan fingerprint density at radius 3 is 2.60 bits per heavy atom. The molecular weight excluding hydrogens is 254 g/mol. The number of nitrogens with zero attached hydrogens (tertiary/aromatic N) is 2. The lowest BCUT2D eigenvalue weighted by molar-refractivity contribution is 0.191. The van der Waals surface area contributed by atoms with Gasteiger partial charge in [-0.05, 0) is 43.9 Å². The van der Waals surface area contributed by atoms with Crippen molar-refractivity contribution in [3.05, 3.63) is 11.7 Å². The normalized spacial score (nSPS) is 34.8. The molecule has 2 heterocycles. The summed E-state index contributed by atoms with van der Waals surface area (Å²) in [5.74, 6) is 3.59. The molecule has 2 N–H and O–H groups in total. The van der Waals surface area contributed by atoms with Crippen molar-refractivity contribution in [3.8, 4) is 0 Å². The topological polar surface area (TPSA) is 71.2 Å². The number of nitrogens with one attached hydrogen (secondary N) is 1. The lowest BCUT2D eigenvalue weighted by atomic mass is 9.77. The summed E-state index contributed by atoms with van der Waals surface area (Å²) in [6, 6.07) is 0.0262. The van der Waals surface area contributed by atoms with E-state index in [9.17, 15) is 5.11 Å². The third-order valence-electron chi connectivity index (χ3n) is 4.94. The van der Waals surface area contributed by atoms with E-state index in [1.807, 2.05) is 0 Å². The standard InChI is InChI=1S/C15H25N3O2/c1-9(2)10-3-5-11(6-4-10)14-17-15(20-18-14)13-7-12(19)8-16-13/h9-13,16,19H,3-8H2,1-2H3/t10?,11?,12?,13-/m0/s1. The summed E-state index contributed by atoms with van der Waals surface area (Å²) in [6.07, 6.45) is 5.25. The van der Waals surface area contributed by atoms with Gasteiger partial charge in [-0.3, -0.25) is 0 Å². The summed E-state index contributed by atoms with van der Waals surface area (Å²) < 4.78 is 5.39. The zero-order valence-electron chi connectivity index (χ0n) is 12.4. The second-order valence-corrected chi connectivity index (χ2v) is 6.70. The molecule has 0 radical (unpaired) electrons. The van der Waals surface area contributed by atoms with Gasteiger partial charge in [0, 0.05) is 12.5 Å². The van der Waals surface area contributed by atoms with Gasteiger partial charge in [0.1, 0.15) is 0 Å². The van der Waals surface area contributed by atoms with Crippen LogP contribution in [0, 0.1) is 11.8 Å². The van der Waals surface area contributed by atoms with Crippen molar-refractivity contribution in [1.29, 1.82) is 0 Å². The van der Waals surface area contributed by atoms with Crippen LogP contribution in [0.25, 0.3) is 0 Å². The molecule has 2 fully saturated rings. The summed E-state index contributed by atoms with van der Waals surface area (Å²) in [4.78, 5) is 4.57. The van der Waals surface area contributed by atoms with Gasteiger partial charge in [0.25, 0.3) is 0 Å². The van der Waals surface area contributed by atoms with Gasteiger partial charge in [-0.1, -0.05) is 19.0 Å². The van der Waals surface area contributed by atoms with Crippen LogP contribution >= 0.6 is 0 Å². The van der Waals surface area contributed by atoms with Crippen LogP contribution in [-0.4, -0.2) is 27.9 Å². The minimum absolute atomic E-state index is 0.0262. The van der Waals surface area contributed by atoms with Crippen LogP contribution in [0.5, 0.6) is 0 Å². The largest absolute Gasteiger partial charge is 0.392 e. The molecule has 112 valence electrons. The zero-order chi connectivity index (χ0) is 14.1. The Balaban J connectivity index is 1.60. The fourth-order valence-corrected chi connectivity index (χ4v) is 3.50. The highest BCUT2D eigenvalue weighted by Crippen LogP contribution is 2.38. The average Bonchev–Trinajstić information content (AvgIpc) is 3.07. The molecule has 1 saturated carbocycles. The van der Waals surface area contributed by atoms with Crippen molar-refractivity contribution in [2.75, 3.05) is 6.54 Å². The summed E-state index contributed by atoms with van der Waals surface area (Å²) >= 11 is 0. The Labute approximate surface area is 120 Å². The Kier molecular flexibility index (Phi) is 4.08. The molecule has 0 amide bonds. The molecule has 2 atom stereocenters. The molecule has 5 nitrogen and oxygen atoms in total. The molecule has 1 aromatic heterocycles. The van der Waals surface area contributed by atoms with Crippen LogP contribution < -0.4 is 5.32 Å². The second-order valence-electron chi connectivity index (χ2n) is 6.70. The Hall–Kier alpha value is -0.940. The van der Waals surface area contributed by atoms with Gasteiger partial charge in [0.15, 0.2) is 5.82 Å². The smallest absolute Gasteiger partial charge is 0.243 e. The van der Waals surface area contributed by atoms with Crippen LogP contribution in [0.15, 0.2) is 4.52 Å². The molecule has 0 spiro atoms. The van der Waals surface area contributed by atoms with Crippen LogP contribution in [-0.2, 0) is 0 Å². The van der Waals surface area contributed by atoms with Gasteiger partial charge >= 0.3 is 0 Å². The first kappa shape index (κ1) is 14.0. The van der Waals surface area contributed by atoms with Crippen LogP contribution in [0.3, 0.4) is 0 Å². The van der Waals surface area contributed by atoms with Crippen molar-refractivity contribution in [2.45, 2.75) is 64.0 Å². The van der Waals surface area contributed by atoms with Crippen molar-refractivity contribution in [3.63, 3.8) is 0 Å². The number of aliphatic hydroxyl groups excluding tert-OH is 1. The second kappa shape index (κ2) is 5.82. The van der Waals surface area contributed by atoms with E-state index < -0.39 is 0 Å². The van der Waals surface area contributed by atoms with Crippen molar-refractivity contribution in [2.24, 2.45) is 11.8 Å². The highest BCUT2D eigenvalue weighted by Gasteiger charge is 2.31. The first-order chi connectivity index (χ1) is 9.63. The molecule has 2 aliphatic rings. The van der Waals surface area contributed by atoms with E-state index in [1.165, 1.54) is 25.7 Å². The molecule has 1 aliphatic heterocycles. The Morgan fingerprint density at radius 1 is 1.25 bits per heavy atom. The molecule has 1 aliphatic carbocycles. The lowest BCUT2D eigenvalue weighted by Gasteiger charge is -2.29. The fraction of sp³-hybridized carbons (Fsp3) is 0.867. The summed E-state index contributed by atoms with van der Waals surface area (Å²) in [6.45, 7) is 5.24. The number of hydrogen-bond donors (Lipinski definition) is 2. The SMILES string of the molecule is CC(C)C1CCC(c2noc([C@@H]3CC(O)CN3)n2)CC1. The molecule has 1 aromatic rings. The van der Waals surface area contributed by atoms with Gasteiger partial charge in [-0.2, -0.15) is 4.98 Å². The molecule has 5 heteroatoms. The molecule has 1 unspecified atom stereocenters. The molecule has 20 heavy (non-hydrogen) atoms. The number of aliphatic hydroxyl groups is 1. The number of hydrogen-bond acceptors (Lipinski definition) is 5. The third-order valence-corrected chi connectivity index (χ3v) is 4.94. The van der Waals surface area contributed by atoms with Crippen molar-refractivity contribution < 1.29 is 9.63 Å². The summed E-state index contributed by atoms with van der Waals surface area (Å²) in [5, 5.41) is 16.9. The fourth-order valence-electron chi connectivity index (χ4n) is 3.50. The monoisotopic (exact) mass is 279 g/mol. The van der Waals surface area contributed by atoms with Gasteiger partial charge in [0.2, 0.25) is 5.89 Å². The van der Waals surface area contributed by atoms with Crippen molar-refractivity contribution >= 4 is 0 Å². The highest BCUT2D eigenvalue weighted by molar-refractivity contribution is 5.02. The van der Waals surface area contributed by atoms with Gasteiger partial charge in [-0.25, -0.2) is 0 Å². The minimum Gasteiger partial charge on any atom is -0.392 e. The molecule has 0 bridgehead atoms. The van der Waals surface area contributed by atoms with Crippen LogP contribution in [0.1, 0.15) is 69.6 Å². The van der Waals surface area contributed by atoms with E-state index in [-0.39, 0.29) is 12.1 Å². The molecule has 0 aromatic carbocycles. The Bertz CT molecular complexity index is 438. The van der Waals surface area contributed by atoms with Gasteiger partial charge in [-0.15, -0.1) is 0 Å². The zero-order valence-corrected chi connectivity index (χ0v) is 12.4. The Morgan fingerprint density at radius 2 is 2.00 bits per heavy atom. The van der Waals surface area contributed by atoms with Crippen LogP contribution in [0.2, 0.25) is 0 Å². The van der Waals surface area contributed by atoms with E-state index in [0.29, 0.717) is 24.8 Å². The van der Waals surface area contributed by atoms with E-state index in [4.69, 9.17) is 4.52 Å². The maximum Gasteiger partial charge on any atom is 0.243 e. The first-order valence-electron chi connectivity index (χ1n) is 7.88. The predicted molar refractivity (Wildman–Crippen MR) is 75.2 cm³/mol. The van der Waals surface area contributed by atoms with E-state index in [0.717, 1.165) is 17.7 Å². The third kappa shape index (κ3) is 2.88. The van der Waals surface area contributed by atoms with E-state index in [1.54, 1.807) is 0 Å². The maximum absolute atomic E-state index is 9.55. The van der Waals surface area contributed by atoms with Crippen LogP contribution in [0.4, 0.5) is 0 Å². The minimum atomic E-state index is -0.295. The quantitative estimate of drug-likeness (QED) is 0.889. The van der Waals surface area contributed by atoms with E-state index in [2.05, 4.69) is 29.3 Å². The highest BCUT2D eigenvalue weighted by atomic mass is 16.5. The molecule has 1 saturated heterocycles. The number of aromatic nitrogens is 2.